The molecule has 1 aromatic heterocycles. The van der Waals surface area contributed by atoms with Gasteiger partial charge in [-0.1, -0.05) is 35.9 Å². The molecule has 12 heteroatoms. The van der Waals surface area contributed by atoms with E-state index in [2.05, 4.69) is 20.8 Å². The van der Waals surface area contributed by atoms with E-state index >= 15 is 0 Å². The topological polar surface area (TPSA) is 131 Å². The number of halogens is 1. The zero-order valence-electron chi connectivity index (χ0n) is 25.8. The van der Waals surface area contributed by atoms with E-state index in [1.807, 2.05) is 79.2 Å². The van der Waals surface area contributed by atoms with E-state index < -0.39 is 14.4 Å². The number of carbonyl (C=O) groups excluding carboxylic acids is 2. The lowest BCUT2D eigenvalue weighted by Crippen LogP contribution is -2.41. The van der Waals surface area contributed by atoms with Gasteiger partial charge in [-0.3, -0.25) is 19.1 Å². The van der Waals surface area contributed by atoms with Crippen LogP contribution in [-0.4, -0.2) is 65.6 Å². The van der Waals surface area contributed by atoms with Gasteiger partial charge in [0, 0.05) is 34.8 Å². The fraction of sp³-hybridized carbons (Fsp3) is 0.303. The fourth-order valence-corrected chi connectivity index (χ4v) is 6.34. The first kappa shape index (κ1) is 32.1. The highest BCUT2D eigenvalue weighted by Crippen LogP contribution is 2.34. The Kier molecular flexibility index (Phi) is 9.81. The van der Waals surface area contributed by atoms with Gasteiger partial charge in [-0.05, 0) is 80.5 Å². The average Bonchev–Trinajstić information content (AvgIpc) is 3.35. The molecular formula is C33H37ClN6O4Si. The number of aliphatic imine (C=N–C) groups is 1. The number of methoxy groups -OCH3 is 1. The predicted octanol–water partition coefficient (Wildman–Crippen LogP) is 4.25. The van der Waals surface area contributed by atoms with Gasteiger partial charge in [0.1, 0.15) is 17.6 Å². The highest BCUT2D eigenvalue weighted by atomic mass is 35.5. The highest BCUT2D eigenvalue weighted by molar-refractivity contribution is 6.83. The number of nitrogens with zero attached hydrogens (tertiary/aromatic N) is 4. The standard InChI is InChI=1S/C33H37ClN6O4Si/c1-21-38-39-32-28(20-30(41)35-17-5-6-18-36-33(42)23-9-14-26(15-10-23)45(3,4)43)37-31(22-7-11-24(34)12-8-22)27-19-25(44-2)13-16-29(27)40(21)32/h7-16,19,28,43H,5-6,17-18,20H2,1-4H3,(H,35,41)(H,36,42)/t28-/m0/s1. The zero-order chi connectivity index (χ0) is 32.1. The van der Waals surface area contributed by atoms with Crippen LogP contribution in [0.1, 0.15) is 58.4 Å². The maximum Gasteiger partial charge on any atom is 0.251 e. The first-order chi connectivity index (χ1) is 21.5. The number of amides is 2. The third-order valence-electron chi connectivity index (χ3n) is 7.69. The predicted molar refractivity (Wildman–Crippen MR) is 177 cm³/mol. The van der Waals surface area contributed by atoms with E-state index in [4.69, 9.17) is 21.3 Å². The van der Waals surface area contributed by atoms with Crippen molar-refractivity contribution in [2.24, 2.45) is 4.99 Å². The van der Waals surface area contributed by atoms with Crippen LogP contribution in [0.2, 0.25) is 18.1 Å². The van der Waals surface area contributed by atoms with Gasteiger partial charge in [-0.15, -0.1) is 10.2 Å². The number of carbonyl (C=O) groups is 2. The molecule has 3 aromatic carbocycles. The van der Waals surface area contributed by atoms with Crippen molar-refractivity contribution >= 4 is 42.6 Å². The van der Waals surface area contributed by atoms with Crippen molar-refractivity contribution < 1.29 is 19.1 Å². The van der Waals surface area contributed by atoms with Gasteiger partial charge in [-0.25, -0.2) is 0 Å². The summed E-state index contributed by atoms with van der Waals surface area (Å²) in [6, 6.07) is 19.7. The molecule has 0 saturated carbocycles. The summed E-state index contributed by atoms with van der Waals surface area (Å²) in [6.45, 7) is 6.50. The third-order valence-corrected chi connectivity index (χ3v) is 9.69. The van der Waals surface area contributed by atoms with Gasteiger partial charge < -0.3 is 20.2 Å². The zero-order valence-corrected chi connectivity index (χ0v) is 27.6. The number of nitrogens with one attached hydrogen (secondary N) is 2. The lowest BCUT2D eigenvalue weighted by atomic mass is 10.00. The normalized spacial score (nSPS) is 14.1. The summed E-state index contributed by atoms with van der Waals surface area (Å²) in [5.41, 5.74) is 3.79. The Morgan fingerprint density at radius 1 is 0.978 bits per heavy atom. The average molecular weight is 645 g/mol. The van der Waals surface area contributed by atoms with Crippen LogP contribution in [0.25, 0.3) is 5.69 Å². The molecule has 2 amide bonds. The Morgan fingerprint density at radius 2 is 1.67 bits per heavy atom. The molecule has 45 heavy (non-hydrogen) atoms. The highest BCUT2D eigenvalue weighted by Gasteiger charge is 2.30. The Morgan fingerprint density at radius 3 is 2.33 bits per heavy atom. The summed E-state index contributed by atoms with van der Waals surface area (Å²) >= 11 is 6.18. The monoisotopic (exact) mass is 644 g/mol. The van der Waals surface area contributed by atoms with Crippen molar-refractivity contribution in [3.05, 3.63) is 100 Å². The molecule has 0 fully saturated rings. The van der Waals surface area contributed by atoms with Crippen molar-refractivity contribution in [1.29, 1.82) is 0 Å². The molecule has 0 radical (unpaired) electrons. The van der Waals surface area contributed by atoms with Crippen LogP contribution in [0.4, 0.5) is 0 Å². The molecule has 0 spiro atoms. The number of hydrogen-bond donors (Lipinski definition) is 3. The van der Waals surface area contributed by atoms with Crippen LogP contribution in [-0.2, 0) is 4.79 Å². The summed E-state index contributed by atoms with van der Waals surface area (Å²) in [6.07, 6.45) is 1.48. The minimum Gasteiger partial charge on any atom is -0.497 e. The summed E-state index contributed by atoms with van der Waals surface area (Å²) in [7, 11) is -0.785. The maximum atomic E-state index is 13.2. The molecule has 234 valence electrons. The van der Waals surface area contributed by atoms with Gasteiger partial charge in [-0.2, -0.15) is 0 Å². The molecule has 0 aliphatic carbocycles. The number of fused-ring (bicyclic) bond motifs is 3. The SMILES string of the molecule is COc1ccc2c(c1)C(c1ccc(Cl)cc1)=N[C@@H](CC(=O)NCCCCNC(=O)c1ccc([Si](C)(C)O)cc1)c1nnc(C)n1-2. The second-order valence-electron chi connectivity index (χ2n) is 11.5. The smallest absolute Gasteiger partial charge is 0.251 e. The number of rotatable bonds is 11. The lowest BCUT2D eigenvalue weighted by molar-refractivity contribution is -0.121. The first-order valence-corrected chi connectivity index (χ1v) is 18.2. The van der Waals surface area contributed by atoms with Crippen LogP contribution >= 0.6 is 11.6 Å². The van der Waals surface area contributed by atoms with E-state index in [-0.39, 0.29) is 18.2 Å². The Labute approximate surface area is 268 Å². The molecule has 2 heterocycles. The molecule has 0 saturated heterocycles. The second kappa shape index (κ2) is 13.8. The van der Waals surface area contributed by atoms with E-state index in [9.17, 15) is 14.4 Å². The maximum absolute atomic E-state index is 13.2. The largest absolute Gasteiger partial charge is 0.497 e. The van der Waals surface area contributed by atoms with Gasteiger partial charge in [0.25, 0.3) is 5.91 Å². The van der Waals surface area contributed by atoms with Crippen molar-refractivity contribution in [2.75, 3.05) is 20.2 Å². The van der Waals surface area contributed by atoms with Gasteiger partial charge in [0.2, 0.25) is 14.2 Å². The third kappa shape index (κ3) is 7.50. The Balaban J connectivity index is 1.23. The van der Waals surface area contributed by atoms with E-state index in [1.54, 1.807) is 19.2 Å². The molecule has 1 aliphatic heterocycles. The van der Waals surface area contributed by atoms with Crippen molar-refractivity contribution in [3.8, 4) is 11.4 Å². The van der Waals surface area contributed by atoms with Gasteiger partial charge >= 0.3 is 0 Å². The minimum atomic E-state index is -2.40. The summed E-state index contributed by atoms with van der Waals surface area (Å²) in [4.78, 5) is 41.0. The van der Waals surface area contributed by atoms with Crippen LogP contribution < -0.4 is 20.6 Å². The van der Waals surface area contributed by atoms with E-state index in [0.29, 0.717) is 59.6 Å². The summed E-state index contributed by atoms with van der Waals surface area (Å²) < 4.78 is 7.47. The summed E-state index contributed by atoms with van der Waals surface area (Å²) in [5.74, 6) is 1.63. The number of aromatic nitrogens is 3. The summed E-state index contributed by atoms with van der Waals surface area (Å²) in [5, 5.41) is 16.2. The Hall–Kier alpha value is -4.32. The number of benzene rings is 3. The minimum absolute atomic E-state index is 0.0839. The molecule has 1 atom stereocenters. The number of hydrogen-bond acceptors (Lipinski definition) is 7. The number of ether oxygens (including phenoxy) is 1. The van der Waals surface area contributed by atoms with Gasteiger partial charge in [0.05, 0.1) is 24.9 Å². The molecule has 0 bridgehead atoms. The van der Waals surface area contributed by atoms with Gasteiger partial charge in [0.15, 0.2) is 5.82 Å². The molecule has 3 N–H and O–H groups in total. The van der Waals surface area contributed by atoms with E-state index in [0.717, 1.165) is 22.0 Å². The second-order valence-corrected chi connectivity index (χ2v) is 15.6. The number of unbranched alkanes of at least 4 members (excludes halogenated alkanes) is 1. The van der Waals surface area contributed by atoms with Crippen LogP contribution in [0, 0.1) is 6.92 Å². The molecular weight excluding hydrogens is 608 g/mol. The van der Waals surface area contributed by atoms with Crippen molar-refractivity contribution in [3.63, 3.8) is 0 Å². The molecule has 10 nitrogen and oxygen atoms in total. The molecule has 1 aliphatic rings. The Bertz CT molecular complexity index is 1710. The number of aryl methyl sites for hydroxylation is 1. The molecule has 0 unspecified atom stereocenters. The molecule has 5 rings (SSSR count). The van der Waals surface area contributed by atoms with Crippen LogP contribution in [0.3, 0.4) is 0 Å². The van der Waals surface area contributed by atoms with E-state index in [1.165, 1.54) is 0 Å². The molecule has 4 aromatic rings. The van der Waals surface area contributed by atoms with Crippen LogP contribution in [0.5, 0.6) is 5.75 Å². The van der Waals surface area contributed by atoms with Crippen molar-refractivity contribution in [1.82, 2.24) is 25.4 Å². The van der Waals surface area contributed by atoms with Crippen molar-refractivity contribution in [2.45, 2.75) is 45.3 Å². The van der Waals surface area contributed by atoms with Crippen LogP contribution in [0.15, 0.2) is 71.7 Å². The first-order valence-electron chi connectivity index (χ1n) is 14.9. The lowest BCUT2D eigenvalue weighted by Gasteiger charge is -2.14. The fourth-order valence-electron chi connectivity index (χ4n) is 5.24. The quantitative estimate of drug-likeness (QED) is 0.165.